The zero-order valence-corrected chi connectivity index (χ0v) is 12.4. The number of nitrogens with zero attached hydrogens (tertiary/aromatic N) is 3. The standard InChI is InChI=1S/C12H17BrN4O2/c1-2-5-16(9-3-4-14-7-9)12-11(13)6-10(8-15-12)17(18)19/h6,8-9,14H,2-5,7H2,1H3. The number of rotatable bonds is 5. The fraction of sp³-hybridized carbons (Fsp3) is 0.583. The monoisotopic (exact) mass is 328 g/mol. The zero-order chi connectivity index (χ0) is 13.8. The van der Waals surface area contributed by atoms with E-state index in [-0.39, 0.29) is 5.69 Å². The van der Waals surface area contributed by atoms with Gasteiger partial charge in [-0.05, 0) is 35.3 Å². The quantitative estimate of drug-likeness (QED) is 0.663. The van der Waals surface area contributed by atoms with Gasteiger partial charge in [0.05, 0.1) is 9.40 Å². The number of aromatic nitrogens is 1. The molecule has 2 rings (SSSR count). The van der Waals surface area contributed by atoms with Crippen molar-refractivity contribution in [3.8, 4) is 0 Å². The van der Waals surface area contributed by atoms with Gasteiger partial charge in [0.15, 0.2) is 0 Å². The summed E-state index contributed by atoms with van der Waals surface area (Å²) in [6.07, 6.45) is 3.41. The molecule has 1 aliphatic rings. The van der Waals surface area contributed by atoms with Gasteiger partial charge in [0.1, 0.15) is 12.0 Å². The molecule has 104 valence electrons. The van der Waals surface area contributed by atoms with E-state index in [4.69, 9.17) is 0 Å². The highest BCUT2D eigenvalue weighted by molar-refractivity contribution is 9.10. The highest BCUT2D eigenvalue weighted by Crippen LogP contribution is 2.30. The molecular formula is C12H17BrN4O2. The first-order valence-corrected chi connectivity index (χ1v) is 7.20. The molecule has 0 aromatic carbocycles. The van der Waals surface area contributed by atoms with Crippen molar-refractivity contribution in [3.05, 3.63) is 26.9 Å². The lowest BCUT2D eigenvalue weighted by Gasteiger charge is -2.29. The Balaban J connectivity index is 2.28. The Labute approximate surface area is 120 Å². The second-order valence-electron chi connectivity index (χ2n) is 4.60. The molecule has 0 saturated carbocycles. The van der Waals surface area contributed by atoms with Crippen LogP contribution in [-0.4, -0.2) is 35.6 Å². The van der Waals surface area contributed by atoms with E-state index in [1.165, 1.54) is 12.3 Å². The molecule has 1 aromatic heterocycles. The first-order valence-electron chi connectivity index (χ1n) is 6.40. The number of hydrogen-bond acceptors (Lipinski definition) is 5. The lowest BCUT2D eigenvalue weighted by molar-refractivity contribution is -0.385. The van der Waals surface area contributed by atoms with Crippen LogP contribution in [0.3, 0.4) is 0 Å². The van der Waals surface area contributed by atoms with Gasteiger partial charge in [-0.1, -0.05) is 6.92 Å². The van der Waals surface area contributed by atoms with Crippen LogP contribution >= 0.6 is 15.9 Å². The largest absolute Gasteiger partial charge is 0.351 e. The molecule has 1 aromatic rings. The van der Waals surface area contributed by atoms with Gasteiger partial charge in [-0.15, -0.1) is 0 Å². The van der Waals surface area contributed by atoms with Crippen molar-refractivity contribution in [2.75, 3.05) is 24.5 Å². The lowest BCUT2D eigenvalue weighted by Crippen LogP contribution is -2.38. The fourth-order valence-electron chi connectivity index (χ4n) is 2.34. The van der Waals surface area contributed by atoms with Crippen molar-refractivity contribution in [3.63, 3.8) is 0 Å². The van der Waals surface area contributed by atoms with Crippen LogP contribution in [0.4, 0.5) is 11.5 Å². The third-order valence-corrected chi connectivity index (χ3v) is 3.81. The van der Waals surface area contributed by atoms with Crippen molar-refractivity contribution in [2.24, 2.45) is 0 Å². The summed E-state index contributed by atoms with van der Waals surface area (Å²) in [6.45, 7) is 4.96. The van der Waals surface area contributed by atoms with E-state index in [1.54, 1.807) is 0 Å². The second-order valence-corrected chi connectivity index (χ2v) is 5.45. The molecule has 1 aliphatic heterocycles. The van der Waals surface area contributed by atoms with E-state index in [1.807, 2.05) is 0 Å². The van der Waals surface area contributed by atoms with Gasteiger partial charge < -0.3 is 10.2 Å². The predicted octanol–water partition coefficient (Wildman–Crippen LogP) is 2.33. The average molecular weight is 329 g/mol. The Morgan fingerprint density at radius 1 is 1.68 bits per heavy atom. The highest BCUT2D eigenvalue weighted by atomic mass is 79.9. The maximum Gasteiger partial charge on any atom is 0.288 e. The maximum absolute atomic E-state index is 10.7. The van der Waals surface area contributed by atoms with Crippen molar-refractivity contribution in [1.82, 2.24) is 10.3 Å². The smallest absolute Gasteiger partial charge is 0.288 e. The van der Waals surface area contributed by atoms with E-state index in [9.17, 15) is 10.1 Å². The second kappa shape index (κ2) is 6.29. The number of halogens is 1. The molecule has 1 atom stereocenters. The summed E-state index contributed by atoms with van der Waals surface area (Å²) in [4.78, 5) is 16.8. The predicted molar refractivity (Wildman–Crippen MR) is 77.5 cm³/mol. The molecular weight excluding hydrogens is 312 g/mol. The van der Waals surface area contributed by atoms with Gasteiger partial charge in [-0.3, -0.25) is 10.1 Å². The zero-order valence-electron chi connectivity index (χ0n) is 10.8. The summed E-state index contributed by atoms with van der Waals surface area (Å²) < 4.78 is 0.682. The summed E-state index contributed by atoms with van der Waals surface area (Å²) >= 11 is 3.40. The van der Waals surface area contributed by atoms with Crippen LogP contribution in [0.15, 0.2) is 16.7 Å². The van der Waals surface area contributed by atoms with Gasteiger partial charge in [0.25, 0.3) is 5.69 Å². The summed E-state index contributed by atoms with van der Waals surface area (Å²) in [7, 11) is 0. The van der Waals surface area contributed by atoms with E-state index < -0.39 is 4.92 Å². The molecule has 6 nitrogen and oxygen atoms in total. The molecule has 0 spiro atoms. The highest BCUT2D eigenvalue weighted by Gasteiger charge is 2.25. The van der Waals surface area contributed by atoms with Crippen molar-refractivity contribution >= 4 is 27.4 Å². The molecule has 1 saturated heterocycles. The van der Waals surface area contributed by atoms with Crippen molar-refractivity contribution in [2.45, 2.75) is 25.8 Å². The Kier molecular flexibility index (Phi) is 4.71. The van der Waals surface area contributed by atoms with Crippen LogP contribution in [0, 0.1) is 10.1 Å². The summed E-state index contributed by atoms with van der Waals surface area (Å²) in [5, 5.41) is 14.1. The summed E-state index contributed by atoms with van der Waals surface area (Å²) in [5.41, 5.74) is 0.0108. The van der Waals surface area contributed by atoms with Gasteiger partial charge in [0.2, 0.25) is 0 Å². The molecule has 2 heterocycles. The number of hydrogen-bond donors (Lipinski definition) is 1. The van der Waals surface area contributed by atoms with E-state index in [0.717, 1.165) is 38.3 Å². The SMILES string of the molecule is CCCN(c1ncc([N+](=O)[O-])cc1Br)C1CCNC1. The molecule has 1 N–H and O–H groups in total. The summed E-state index contributed by atoms with van der Waals surface area (Å²) in [6, 6.07) is 1.93. The van der Waals surface area contributed by atoms with Gasteiger partial charge >= 0.3 is 0 Å². The number of nitrogens with one attached hydrogen (secondary N) is 1. The van der Waals surface area contributed by atoms with Crippen LogP contribution in [0.5, 0.6) is 0 Å². The molecule has 0 amide bonds. The molecule has 19 heavy (non-hydrogen) atoms. The minimum absolute atomic E-state index is 0.0108. The Morgan fingerprint density at radius 2 is 2.47 bits per heavy atom. The number of pyridine rings is 1. The van der Waals surface area contributed by atoms with Crippen molar-refractivity contribution in [1.29, 1.82) is 0 Å². The first-order chi connectivity index (χ1) is 9.13. The minimum atomic E-state index is -0.428. The Hall–Kier alpha value is -1.21. The Bertz CT molecular complexity index is 463. The topological polar surface area (TPSA) is 71.3 Å². The average Bonchev–Trinajstić information content (AvgIpc) is 2.90. The van der Waals surface area contributed by atoms with Gasteiger partial charge in [-0.2, -0.15) is 0 Å². The maximum atomic E-state index is 10.7. The lowest BCUT2D eigenvalue weighted by atomic mass is 10.2. The van der Waals surface area contributed by atoms with Crippen LogP contribution in [-0.2, 0) is 0 Å². The third kappa shape index (κ3) is 3.22. The van der Waals surface area contributed by atoms with Gasteiger partial charge in [-0.25, -0.2) is 4.98 Å². The molecule has 7 heteroatoms. The molecule has 1 unspecified atom stereocenters. The number of anilines is 1. The van der Waals surface area contributed by atoms with Crippen LogP contribution in [0.1, 0.15) is 19.8 Å². The molecule has 0 bridgehead atoms. The summed E-state index contributed by atoms with van der Waals surface area (Å²) in [5.74, 6) is 0.793. The normalized spacial score (nSPS) is 18.5. The van der Waals surface area contributed by atoms with E-state index in [2.05, 4.69) is 38.1 Å². The Morgan fingerprint density at radius 3 is 3.00 bits per heavy atom. The minimum Gasteiger partial charge on any atom is -0.351 e. The van der Waals surface area contributed by atoms with Crippen LogP contribution in [0.2, 0.25) is 0 Å². The van der Waals surface area contributed by atoms with E-state index >= 15 is 0 Å². The molecule has 0 radical (unpaired) electrons. The van der Waals surface area contributed by atoms with E-state index in [0.29, 0.717) is 10.5 Å². The van der Waals surface area contributed by atoms with Crippen LogP contribution < -0.4 is 10.2 Å². The fourth-order valence-corrected chi connectivity index (χ4v) is 2.90. The molecule has 1 fully saturated rings. The van der Waals surface area contributed by atoms with Crippen LogP contribution in [0.25, 0.3) is 0 Å². The van der Waals surface area contributed by atoms with Crippen molar-refractivity contribution < 1.29 is 4.92 Å². The number of nitro groups is 1. The van der Waals surface area contributed by atoms with Gasteiger partial charge in [0, 0.05) is 25.2 Å². The third-order valence-electron chi connectivity index (χ3n) is 3.23. The first kappa shape index (κ1) is 14.2. The molecule has 0 aliphatic carbocycles.